The van der Waals surface area contributed by atoms with Gasteiger partial charge in [-0.15, -0.1) is 0 Å². The van der Waals surface area contributed by atoms with Crippen LogP contribution in [-0.4, -0.2) is 33.1 Å². The Hall–Kier alpha value is -1.40. The molecule has 3 atom stereocenters. The van der Waals surface area contributed by atoms with Crippen LogP contribution in [0.2, 0.25) is 5.02 Å². The number of carbonyl (C=O) groups is 1. The Morgan fingerprint density at radius 2 is 2.14 bits per heavy atom. The monoisotopic (exact) mass is 321 g/mol. The Morgan fingerprint density at radius 3 is 2.82 bits per heavy atom. The van der Waals surface area contributed by atoms with E-state index in [1.807, 2.05) is 6.07 Å². The van der Waals surface area contributed by atoms with Crippen LogP contribution >= 0.6 is 11.6 Å². The number of hydrogen-bond acceptors (Lipinski definition) is 4. The fourth-order valence-electron chi connectivity index (χ4n) is 3.18. The molecule has 0 bridgehead atoms. The second kappa shape index (κ2) is 5.06. The minimum atomic E-state index is -1.16. The standard InChI is InChI=1S/C16H20ClN3O2/c1-15(22)4-5-16(19,13(18)8-15)14(21)12-7-9-6-10(17)2-3-11(9)20-12/h2-3,6-7,13,20,22H,4-5,8,18-19H2,1H3. The lowest BCUT2D eigenvalue weighted by molar-refractivity contribution is -0.00469. The Morgan fingerprint density at radius 1 is 1.41 bits per heavy atom. The van der Waals surface area contributed by atoms with Gasteiger partial charge < -0.3 is 21.6 Å². The van der Waals surface area contributed by atoms with Crippen molar-refractivity contribution in [1.82, 2.24) is 4.98 Å². The number of hydrogen-bond donors (Lipinski definition) is 4. The number of aromatic amines is 1. The van der Waals surface area contributed by atoms with Gasteiger partial charge in [0.1, 0.15) is 0 Å². The van der Waals surface area contributed by atoms with Gasteiger partial charge >= 0.3 is 0 Å². The lowest BCUT2D eigenvalue weighted by Gasteiger charge is -2.43. The second-order valence-corrected chi connectivity index (χ2v) is 7.03. The Kier molecular flexibility index (Phi) is 3.57. The molecule has 1 fully saturated rings. The molecule has 22 heavy (non-hydrogen) atoms. The molecule has 0 amide bonds. The van der Waals surface area contributed by atoms with Gasteiger partial charge in [0, 0.05) is 22.0 Å². The molecule has 3 unspecified atom stereocenters. The van der Waals surface area contributed by atoms with Gasteiger partial charge in [-0.3, -0.25) is 4.79 Å². The predicted molar refractivity (Wildman–Crippen MR) is 87.0 cm³/mol. The largest absolute Gasteiger partial charge is 0.390 e. The molecule has 5 nitrogen and oxygen atoms in total. The molecule has 0 radical (unpaired) electrons. The van der Waals surface area contributed by atoms with E-state index < -0.39 is 17.2 Å². The molecule has 1 aromatic carbocycles. The molecule has 0 aliphatic heterocycles. The topological polar surface area (TPSA) is 105 Å². The van der Waals surface area contributed by atoms with Gasteiger partial charge in [-0.2, -0.15) is 0 Å². The van der Waals surface area contributed by atoms with Crippen LogP contribution in [0.5, 0.6) is 0 Å². The van der Waals surface area contributed by atoms with E-state index in [0.717, 1.165) is 10.9 Å². The number of H-pyrrole nitrogens is 1. The highest BCUT2D eigenvalue weighted by Crippen LogP contribution is 2.35. The lowest BCUT2D eigenvalue weighted by Crippen LogP contribution is -2.65. The first-order chi connectivity index (χ1) is 10.2. The number of ketones is 1. The van der Waals surface area contributed by atoms with Gasteiger partial charge in [0.15, 0.2) is 5.78 Å². The molecule has 1 heterocycles. The molecule has 1 aliphatic carbocycles. The molecular weight excluding hydrogens is 302 g/mol. The summed E-state index contributed by atoms with van der Waals surface area (Å²) in [6, 6.07) is 6.54. The van der Waals surface area contributed by atoms with Gasteiger partial charge in [0.25, 0.3) is 0 Å². The predicted octanol–water partition coefficient (Wildman–Crippen LogP) is 1.96. The lowest BCUT2D eigenvalue weighted by atomic mass is 9.69. The molecular formula is C16H20ClN3O2. The number of benzene rings is 1. The zero-order valence-corrected chi connectivity index (χ0v) is 13.2. The van der Waals surface area contributed by atoms with Crippen molar-refractivity contribution in [2.24, 2.45) is 11.5 Å². The smallest absolute Gasteiger partial charge is 0.200 e. The van der Waals surface area contributed by atoms with E-state index >= 15 is 0 Å². The van der Waals surface area contributed by atoms with E-state index in [4.69, 9.17) is 23.1 Å². The molecule has 0 saturated heterocycles. The first-order valence-corrected chi connectivity index (χ1v) is 7.69. The third-order valence-corrected chi connectivity index (χ3v) is 4.88. The number of nitrogens with two attached hydrogens (primary N) is 2. The van der Waals surface area contributed by atoms with E-state index in [0.29, 0.717) is 30.0 Å². The molecule has 1 aliphatic rings. The summed E-state index contributed by atoms with van der Waals surface area (Å²) in [5, 5.41) is 11.6. The summed E-state index contributed by atoms with van der Waals surface area (Å²) in [7, 11) is 0. The van der Waals surface area contributed by atoms with Gasteiger partial charge in [-0.1, -0.05) is 11.6 Å². The Balaban J connectivity index is 1.94. The van der Waals surface area contributed by atoms with E-state index in [2.05, 4.69) is 4.98 Å². The quantitative estimate of drug-likeness (QED) is 0.634. The molecule has 6 N–H and O–H groups in total. The molecule has 3 rings (SSSR count). The van der Waals surface area contributed by atoms with E-state index in [1.54, 1.807) is 25.1 Å². The summed E-state index contributed by atoms with van der Waals surface area (Å²) >= 11 is 5.97. The minimum Gasteiger partial charge on any atom is -0.390 e. The van der Waals surface area contributed by atoms with Crippen LogP contribution in [0.4, 0.5) is 0 Å². The summed E-state index contributed by atoms with van der Waals surface area (Å²) in [4.78, 5) is 15.9. The number of aromatic nitrogens is 1. The van der Waals surface area contributed by atoms with Crippen molar-refractivity contribution in [2.45, 2.75) is 43.4 Å². The van der Waals surface area contributed by atoms with Crippen LogP contribution in [-0.2, 0) is 0 Å². The number of nitrogens with one attached hydrogen (secondary N) is 1. The molecule has 6 heteroatoms. The van der Waals surface area contributed by atoms with E-state index in [-0.39, 0.29) is 5.78 Å². The average Bonchev–Trinajstić information content (AvgIpc) is 2.85. The average molecular weight is 322 g/mol. The zero-order chi connectivity index (χ0) is 16.1. The van der Waals surface area contributed by atoms with E-state index in [9.17, 15) is 9.90 Å². The summed E-state index contributed by atoms with van der Waals surface area (Å²) in [5.41, 5.74) is 11.7. The third-order valence-electron chi connectivity index (χ3n) is 4.65. The van der Waals surface area contributed by atoms with Crippen LogP contribution < -0.4 is 11.5 Å². The van der Waals surface area contributed by atoms with Crippen molar-refractivity contribution in [3.05, 3.63) is 35.0 Å². The van der Waals surface area contributed by atoms with Crippen molar-refractivity contribution < 1.29 is 9.90 Å². The van der Waals surface area contributed by atoms with Crippen LogP contribution in [0.1, 0.15) is 36.7 Å². The minimum absolute atomic E-state index is 0.220. The van der Waals surface area contributed by atoms with Crippen LogP contribution in [0, 0.1) is 0 Å². The first-order valence-electron chi connectivity index (χ1n) is 7.31. The zero-order valence-electron chi connectivity index (χ0n) is 12.4. The highest BCUT2D eigenvalue weighted by Gasteiger charge is 2.48. The molecule has 2 aromatic rings. The summed E-state index contributed by atoms with van der Waals surface area (Å²) in [5.74, 6) is -0.220. The number of fused-ring (bicyclic) bond motifs is 1. The van der Waals surface area contributed by atoms with Crippen molar-refractivity contribution in [3.63, 3.8) is 0 Å². The van der Waals surface area contributed by atoms with Gasteiger partial charge in [0.05, 0.1) is 16.8 Å². The van der Waals surface area contributed by atoms with Crippen LogP contribution in [0.3, 0.4) is 0 Å². The molecule has 1 saturated carbocycles. The highest BCUT2D eigenvalue weighted by molar-refractivity contribution is 6.31. The Bertz CT molecular complexity index is 740. The maximum atomic E-state index is 12.8. The highest BCUT2D eigenvalue weighted by atomic mass is 35.5. The van der Waals surface area contributed by atoms with Crippen molar-refractivity contribution in [2.75, 3.05) is 0 Å². The van der Waals surface area contributed by atoms with E-state index in [1.165, 1.54) is 0 Å². The molecule has 0 spiro atoms. The number of aliphatic hydroxyl groups is 1. The maximum absolute atomic E-state index is 12.8. The third kappa shape index (κ3) is 2.54. The number of halogens is 1. The van der Waals surface area contributed by atoms with Crippen LogP contribution in [0.25, 0.3) is 10.9 Å². The summed E-state index contributed by atoms with van der Waals surface area (Å²) in [6.07, 6.45) is 1.12. The van der Waals surface area contributed by atoms with Gasteiger partial charge in [-0.25, -0.2) is 0 Å². The maximum Gasteiger partial charge on any atom is 0.200 e. The fourth-order valence-corrected chi connectivity index (χ4v) is 3.36. The molecule has 118 valence electrons. The fraction of sp³-hybridized carbons (Fsp3) is 0.438. The SMILES string of the molecule is CC1(O)CCC(N)(C(=O)c2cc3cc(Cl)ccc3[nH]2)C(N)C1. The summed E-state index contributed by atoms with van der Waals surface area (Å²) in [6.45, 7) is 1.72. The molecule has 1 aromatic heterocycles. The Labute approximate surface area is 133 Å². The van der Waals surface area contributed by atoms with Crippen molar-refractivity contribution in [3.8, 4) is 0 Å². The summed E-state index contributed by atoms with van der Waals surface area (Å²) < 4.78 is 0. The van der Waals surface area contributed by atoms with Gasteiger partial charge in [0.2, 0.25) is 0 Å². The van der Waals surface area contributed by atoms with Crippen molar-refractivity contribution in [1.29, 1.82) is 0 Å². The van der Waals surface area contributed by atoms with Crippen molar-refractivity contribution >= 4 is 28.3 Å². The number of carbonyl (C=O) groups excluding carboxylic acids is 1. The first kappa shape index (κ1) is 15.5. The number of Topliss-reactive ketones (excluding diaryl/α,β-unsaturated/α-hetero) is 1. The number of rotatable bonds is 2. The van der Waals surface area contributed by atoms with Gasteiger partial charge in [-0.05, 0) is 50.5 Å². The second-order valence-electron chi connectivity index (χ2n) is 6.59. The van der Waals surface area contributed by atoms with Crippen LogP contribution in [0.15, 0.2) is 24.3 Å². The normalized spacial score (nSPS) is 32.3.